The van der Waals surface area contributed by atoms with Gasteiger partial charge in [0, 0.05) is 24.8 Å². The lowest BCUT2D eigenvalue weighted by Gasteiger charge is -2.15. The summed E-state index contributed by atoms with van der Waals surface area (Å²) in [5.41, 5.74) is 6.54. The summed E-state index contributed by atoms with van der Waals surface area (Å²) in [6.45, 7) is 2.67. The minimum absolute atomic E-state index is 0.0355. The zero-order valence-corrected chi connectivity index (χ0v) is 11.3. The molecule has 1 aliphatic rings. The number of nitrogens with one attached hydrogen (secondary N) is 1. The monoisotopic (exact) mass is 263 g/mol. The molecule has 0 aliphatic heterocycles. The molecule has 19 heavy (non-hydrogen) atoms. The maximum Gasteiger partial charge on any atom is 0.250 e. The zero-order valence-electron chi connectivity index (χ0n) is 11.3. The molecule has 1 heterocycles. The van der Waals surface area contributed by atoms with Crippen molar-refractivity contribution in [3.63, 3.8) is 0 Å². The Bertz CT molecular complexity index is 510. The maximum absolute atomic E-state index is 12.1. The largest absolute Gasteiger partial charge is 0.327 e. The molecule has 3 N–H and O–H groups in total. The van der Waals surface area contributed by atoms with Crippen LogP contribution in [0.3, 0.4) is 0 Å². The van der Waals surface area contributed by atoms with Gasteiger partial charge in [-0.2, -0.15) is 0 Å². The Labute approximate surface area is 112 Å². The summed E-state index contributed by atoms with van der Waals surface area (Å²) in [7, 11) is 0. The van der Waals surface area contributed by atoms with Gasteiger partial charge in [0.05, 0.1) is 11.6 Å². The molecule has 1 aromatic heterocycles. The molecule has 1 amide bonds. The first-order valence-corrected chi connectivity index (χ1v) is 6.88. The number of carbonyl (C=O) groups is 1. The highest BCUT2D eigenvalue weighted by molar-refractivity contribution is 5.93. The van der Waals surface area contributed by atoms with Crippen LogP contribution >= 0.6 is 0 Å². The highest BCUT2D eigenvalue weighted by Crippen LogP contribution is 2.25. The third-order valence-corrected chi connectivity index (χ3v) is 3.62. The normalized spacial score (nSPS) is 22.4. The lowest BCUT2D eigenvalue weighted by Crippen LogP contribution is -2.34. The number of amides is 1. The molecule has 1 aliphatic carbocycles. The quantitative estimate of drug-likeness (QED) is 0.860. The van der Waals surface area contributed by atoms with Crippen LogP contribution in [0.25, 0.3) is 0 Å². The summed E-state index contributed by atoms with van der Waals surface area (Å²) in [6.07, 6.45) is 5.35. The van der Waals surface area contributed by atoms with Crippen LogP contribution in [0.2, 0.25) is 0 Å². The number of rotatable bonds is 4. The van der Waals surface area contributed by atoms with Gasteiger partial charge >= 0.3 is 0 Å². The van der Waals surface area contributed by atoms with Crippen LogP contribution in [0.4, 0.5) is 5.69 Å². The average molecular weight is 263 g/mol. The van der Waals surface area contributed by atoms with Gasteiger partial charge in [0.15, 0.2) is 0 Å². The lowest BCUT2D eigenvalue weighted by atomic mass is 10.0. The van der Waals surface area contributed by atoms with Crippen LogP contribution in [0.5, 0.6) is 0 Å². The standard InChI is InChI=1S/C14H21N3O2/c1-2-8-17-9-10(6-7-13(17)18)16-14(19)11-4-3-5-12(11)15/h6-7,9,11-12H,2-5,8,15H2,1H3,(H,16,19). The van der Waals surface area contributed by atoms with E-state index in [1.165, 1.54) is 6.07 Å². The lowest BCUT2D eigenvalue weighted by molar-refractivity contribution is -0.120. The Balaban J connectivity index is 2.08. The predicted octanol–water partition coefficient (Wildman–Crippen LogP) is 1.32. The molecule has 2 unspecified atom stereocenters. The first kappa shape index (κ1) is 13.8. The number of nitrogens with two attached hydrogens (primary N) is 1. The third kappa shape index (κ3) is 3.23. The van der Waals surface area contributed by atoms with Gasteiger partial charge in [-0.1, -0.05) is 13.3 Å². The van der Waals surface area contributed by atoms with Crippen molar-refractivity contribution in [1.82, 2.24) is 4.57 Å². The molecule has 5 nitrogen and oxygen atoms in total. The molecule has 2 rings (SSSR count). The summed E-state index contributed by atoms with van der Waals surface area (Å²) in [4.78, 5) is 23.7. The molecule has 0 radical (unpaired) electrons. The van der Waals surface area contributed by atoms with E-state index < -0.39 is 0 Å². The Morgan fingerprint density at radius 3 is 2.89 bits per heavy atom. The fraction of sp³-hybridized carbons (Fsp3) is 0.571. The molecule has 0 saturated heterocycles. The minimum atomic E-state index is -0.105. The second-order valence-corrected chi connectivity index (χ2v) is 5.14. The van der Waals surface area contributed by atoms with Gasteiger partial charge in [-0.25, -0.2) is 0 Å². The SMILES string of the molecule is CCCn1cc(NC(=O)C2CCCC2N)ccc1=O. The fourth-order valence-electron chi connectivity index (χ4n) is 2.57. The topological polar surface area (TPSA) is 77.1 Å². The smallest absolute Gasteiger partial charge is 0.250 e. The number of nitrogens with zero attached hydrogens (tertiary/aromatic N) is 1. The molecule has 5 heteroatoms. The molecule has 1 fully saturated rings. The number of hydrogen-bond acceptors (Lipinski definition) is 3. The number of aryl methyl sites for hydroxylation is 1. The molecule has 0 bridgehead atoms. The molecule has 0 spiro atoms. The van der Waals surface area contributed by atoms with Gasteiger partial charge in [0.2, 0.25) is 5.91 Å². The zero-order chi connectivity index (χ0) is 13.8. The minimum Gasteiger partial charge on any atom is -0.327 e. The summed E-state index contributed by atoms with van der Waals surface area (Å²) < 4.78 is 1.62. The van der Waals surface area contributed by atoms with Crippen LogP contribution in [-0.2, 0) is 11.3 Å². The fourth-order valence-corrected chi connectivity index (χ4v) is 2.57. The highest BCUT2D eigenvalue weighted by Gasteiger charge is 2.30. The number of anilines is 1. The van der Waals surface area contributed by atoms with E-state index in [9.17, 15) is 9.59 Å². The second kappa shape index (κ2) is 6.02. The van der Waals surface area contributed by atoms with E-state index in [1.807, 2.05) is 6.92 Å². The predicted molar refractivity (Wildman–Crippen MR) is 74.9 cm³/mol. The summed E-state index contributed by atoms with van der Waals surface area (Å²) >= 11 is 0. The number of hydrogen-bond donors (Lipinski definition) is 2. The van der Waals surface area contributed by atoms with Crippen molar-refractivity contribution in [1.29, 1.82) is 0 Å². The van der Waals surface area contributed by atoms with E-state index >= 15 is 0 Å². The maximum atomic E-state index is 12.1. The van der Waals surface area contributed by atoms with Crippen LogP contribution in [-0.4, -0.2) is 16.5 Å². The van der Waals surface area contributed by atoms with E-state index in [1.54, 1.807) is 16.8 Å². The van der Waals surface area contributed by atoms with Crippen molar-refractivity contribution in [3.8, 4) is 0 Å². The van der Waals surface area contributed by atoms with Gasteiger partial charge < -0.3 is 15.6 Å². The van der Waals surface area contributed by atoms with Gasteiger partial charge in [-0.3, -0.25) is 9.59 Å². The number of pyridine rings is 1. The molecule has 1 saturated carbocycles. The molecular weight excluding hydrogens is 242 g/mol. The van der Waals surface area contributed by atoms with Crippen LogP contribution < -0.4 is 16.6 Å². The Morgan fingerprint density at radius 2 is 2.26 bits per heavy atom. The van der Waals surface area contributed by atoms with Crippen LogP contribution in [0, 0.1) is 5.92 Å². The average Bonchev–Trinajstić information content (AvgIpc) is 2.80. The first-order valence-electron chi connectivity index (χ1n) is 6.88. The molecule has 2 atom stereocenters. The van der Waals surface area contributed by atoms with Crippen molar-refractivity contribution in [2.75, 3.05) is 5.32 Å². The summed E-state index contributed by atoms with van der Waals surface area (Å²) in [6, 6.07) is 3.09. The molecule has 0 aromatic carbocycles. The van der Waals surface area contributed by atoms with Gasteiger partial charge in [-0.05, 0) is 25.3 Å². The number of aromatic nitrogens is 1. The summed E-state index contributed by atoms with van der Waals surface area (Å²) in [5, 5.41) is 2.86. The van der Waals surface area contributed by atoms with Crippen molar-refractivity contribution in [2.24, 2.45) is 11.7 Å². The van der Waals surface area contributed by atoms with Gasteiger partial charge in [0.1, 0.15) is 0 Å². The van der Waals surface area contributed by atoms with Gasteiger partial charge in [-0.15, -0.1) is 0 Å². The number of carbonyl (C=O) groups excluding carboxylic acids is 1. The molecule has 1 aromatic rings. The van der Waals surface area contributed by atoms with Crippen molar-refractivity contribution in [3.05, 3.63) is 28.7 Å². The molecular formula is C14H21N3O2. The van der Waals surface area contributed by atoms with E-state index in [4.69, 9.17) is 5.73 Å². The van der Waals surface area contributed by atoms with Crippen molar-refractivity contribution < 1.29 is 4.79 Å². The van der Waals surface area contributed by atoms with Crippen molar-refractivity contribution >= 4 is 11.6 Å². The van der Waals surface area contributed by atoms with E-state index in [0.29, 0.717) is 12.2 Å². The molecule has 104 valence electrons. The Kier molecular flexibility index (Phi) is 4.37. The van der Waals surface area contributed by atoms with E-state index in [2.05, 4.69) is 5.32 Å². The van der Waals surface area contributed by atoms with E-state index in [-0.39, 0.29) is 23.4 Å². The van der Waals surface area contributed by atoms with Gasteiger partial charge in [0.25, 0.3) is 5.56 Å². The summed E-state index contributed by atoms with van der Waals surface area (Å²) in [5.74, 6) is -0.141. The third-order valence-electron chi connectivity index (χ3n) is 3.62. The van der Waals surface area contributed by atoms with E-state index in [0.717, 1.165) is 25.7 Å². The van der Waals surface area contributed by atoms with Crippen LogP contribution in [0.1, 0.15) is 32.6 Å². The Morgan fingerprint density at radius 1 is 1.47 bits per heavy atom. The second-order valence-electron chi connectivity index (χ2n) is 5.14. The Hall–Kier alpha value is -1.62. The van der Waals surface area contributed by atoms with Crippen LogP contribution in [0.15, 0.2) is 23.1 Å². The van der Waals surface area contributed by atoms with Crippen molar-refractivity contribution in [2.45, 2.75) is 45.2 Å². The first-order chi connectivity index (χ1) is 9.11. The highest BCUT2D eigenvalue weighted by atomic mass is 16.2.